The third-order valence-electron chi connectivity index (χ3n) is 9.67. The third kappa shape index (κ3) is 4.37. The minimum absolute atomic E-state index is 0.835. The lowest BCUT2D eigenvalue weighted by Crippen LogP contribution is -2.13. The number of fused-ring (bicyclic) bond motifs is 10. The summed E-state index contributed by atoms with van der Waals surface area (Å²) < 4.78 is 13.3. The van der Waals surface area contributed by atoms with Crippen molar-refractivity contribution in [1.29, 1.82) is 0 Å². The number of ether oxygens (including phenoxy) is 1. The van der Waals surface area contributed by atoms with Crippen LogP contribution in [0.25, 0.3) is 66.1 Å². The smallest absolute Gasteiger partial charge is 0.137 e. The maximum Gasteiger partial charge on any atom is 0.137 e. The largest absolute Gasteiger partial charge is 0.456 e. The summed E-state index contributed by atoms with van der Waals surface area (Å²) in [5, 5.41) is 4.52. The molecule has 0 saturated carbocycles. The fraction of sp³-hybridized carbons (Fsp3) is 0. The molecule has 1 aromatic heterocycles. The number of rotatable bonds is 4. The SMILES string of the molecule is c1ccc(-c2ccccc2N(c2ccc3c(c2)oc2ccccc23)c2cccc3c2-c2c(ccc4ccccc24)Oc2ccccc2-3)cc1. The first-order valence-electron chi connectivity index (χ1n) is 16.6. The van der Waals surface area contributed by atoms with E-state index in [2.05, 4.69) is 163 Å². The highest BCUT2D eigenvalue weighted by molar-refractivity contribution is 6.11. The predicted molar refractivity (Wildman–Crippen MR) is 202 cm³/mol. The Balaban J connectivity index is 1.33. The second kappa shape index (κ2) is 11.0. The molecule has 9 aromatic rings. The zero-order valence-corrected chi connectivity index (χ0v) is 26.5. The van der Waals surface area contributed by atoms with Crippen molar-refractivity contribution >= 4 is 49.8 Å². The Labute approximate surface area is 283 Å². The molecule has 230 valence electrons. The van der Waals surface area contributed by atoms with Crippen LogP contribution in [0.1, 0.15) is 0 Å². The Morgan fingerprint density at radius 1 is 0.388 bits per heavy atom. The van der Waals surface area contributed by atoms with Gasteiger partial charge in [-0.3, -0.25) is 0 Å². The van der Waals surface area contributed by atoms with Gasteiger partial charge >= 0.3 is 0 Å². The molecule has 0 bridgehead atoms. The van der Waals surface area contributed by atoms with Gasteiger partial charge in [0.25, 0.3) is 0 Å². The van der Waals surface area contributed by atoms with Crippen LogP contribution in [0.3, 0.4) is 0 Å². The number of benzene rings is 8. The monoisotopic (exact) mass is 627 g/mol. The first kappa shape index (κ1) is 27.5. The Bertz CT molecular complexity index is 2710. The molecule has 3 nitrogen and oxygen atoms in total. The van der Waals surface area contributed by atoms with Crippen LogP contribution in [0.2, 0.25) is 0 Å². The second-order valence-electron chi connectivity index (χ2n) is 12.5. The molecular weight excluding hydrogens is 599 g/mol. The van der Waals surface area contributed by atoms with Crippen LogP contribution in [0.4, 0.5) is 17.1 Å². The van der Waals surface area contributed by atoms with Gasteiger partial charge in [-0.1, -0.05) is 127 Å². The molecule has 3 heteroatoms. The van der Waals surface area contributed by atoms with E-state index >= 15 is 0 Å². The summed E-state index contributed by atoms with van der Waals surface area (Å²) >= 11 is 0. The Hall–Kier alpha value is -6.58. The second-order valence-corrected chi connectivity index (χ2v) is 12.5. The zero-order chi connectivity index (χ0) is 32.3. The van der Waals surface area contributed by atoms with E-state index in [0.717, 1.165) is 94.7 Å². The molecule has 0 saturated heterocycles. The summed E-state index contributed by atoms with van der Waals surface area (Å²) in [5.41, 5.74) is 11.5. The van der Waals surface area contributed by atoms with Gasteiger partial charge in [-0.05, 0) is 64.4 Å². The maximum atomic E-state index is 6.79. The van der Waals surface area contributed by atoms with E-state index in [4.69, 9.17) is 9.15 Å². The van der Waals surface area contributed by atoms with Gasteiger partial charge in [0.1, 0.15) is 22.7 Å². The van der Waals surface area contributed by atoms with Crippen molar-refractivity contribution in [2.24, 2.45) is 0 Å². The summed E-state index contributed by atoms with van der Waals surface area (Å²) in [6.45, 7) is 0. The lowest BCUT2D eigenvalue weighted by atomic mass is 9.89. The lowest BCUT2D eigenvalue weighted by molar-refractivity contribution is 0.488. The van der Waals surface area contributed by atoms with Gasteiger partial charge in [0.2, 0.25) is 0 Å². The zero-order valence-electron chi connectivity index (χ0n) is 26.5. The average molecular weight is 628 g/mol. The number of furan rings is 1. The normalized spacial score (nSPS) is 11.8. The first-order chi connectivity index (χ1) is 24.3. The molecule has 8 aromatic carbocycles. The van der Waals surface area contributed by atoms with Crippen LogP contribution in [0, 0.1) is 0 Å². The molecule has 0 fully saturated rings. The van der Waals surface area contributed by atoms with Crippen LogP contribution in [-0.4, -0.2) is 0 Å². The quantitative estimate of drug-likeness (QED) is 0.194. The molecule has 1 aliphatic rings. The predicted octanol–water partition coefficient (Wildman–Crippen LogP) is 13.3. The van der Waals surface area contributed by atoms with E-state index in [0.29, 0.717) is 0 Å². The average Bonchev–Trinajstić information content (AvgIpc) is 3.46. The molecule has 0 spiro atoms. The van der Waals surface area contributed by atoms with Crippen molar-refractivity contribution in [3.8, 4) is 44.9 Å². The molecular formula is C46H29NO2. The molecule has 1 aliphatic heterocycles. The number of hydrogen-bond acceptors (Lipinski definition) is 3. The van der Waals surface area contributed by atoms with Crippen molar-refractivity contribution in [3.63, 3.8) is 0 Å². The van der Waals surface area contributed by atoms with Gasteiger partial charge in [0, 0.05) is 44.8 Å². The minimum Gasteiger partial charge on any atom is -0.456 e. The number of hydrogen-bond donors (Lipinski definition) is 0. The van der Waals surface area contributed by atoms with Crippen LogP contribution in [-0.2, 0) is 0 Å². The molecule has 0 atom stereocenters. The fourth-order valence-corrected chi connectivity index (χ4v) is 7.50. The summed E-state index contributed by atoms with van der Waals surface area (Å²) in [7, 11) is 0. The topological polar surface area (TPSA) is 25.6 Å². The van der Waals surface area contributed by atoms with E-state index in [1.165, 1.54) is 0 Å². The molecule has 2 heterocycles. The van der Waals surface area contributed by atoms with Gasteiger partial charge in [-0.15, -0.1) is 0 Å². The number of para-hydroxylation sites is 3. The lowest BCUT2D eigenvalue weighted by Gasteiger charge is -2.31. The summed E-state index contributed by atoms with van der Waals surface area (Å²) in [4.78, 5) is 2.40. The van der Waals surface area contributed by atoms with Crippen molar-refractivity contribution < 1.29 is 9.15 Å². The first-order valence-corrected chi connectivity index (χ1v) is 16.6. The molecule has 0 unspecified atom stereocenters. The van der Waals surface area contributed by atoms with E-state index in [-0.39, 0.29) is 0 Å². The Kier molecular flexibility index (Phi) is 6.18. The van der Waals surface area contributed by atoms with Crippen molar-refractivity contribution in [2.75, 3.05) is 4.90 Å². The highest BCUT2D eigenvalue weighted by Crippen LogP contribution is 2.55. The van der Waals surface area contributed by atoms with Crippen molar-refractivity contribution in [1.82, 2.24) is 0 Å². The fourth-order valence-electron chi connectivity index (χ4n) is 7.50. The van der Waals surface area contributed by atoms with Gasteiger partial charge in [0.15, 0.2) is 0 Å². The maximum absolute atomic E-state index is 6.79. The van der Waals surface area contributed by atoms with Gasteiger partial charge in [0.05, 0.1) is 11.4 Å². The standard InChI is InChI=1S/C46H29NO2/c1-2-13-30(14-3-1)33-16-6-9-21-39(33)47(32-26-27-37-35-18-7-10-23-41(35)49-44(37)29-32)40-22-12-20-38-36-19-8-11-24-42(36)48-43-28-25-31-15-4-5-17-34(31)46(43)45(38)40/h1-29H. The Morgan fingerprint density at radius 3 is 2.00 bits per heavy atom. The summed E-state index contributed by atoms with van der Waals surface area (Å²) in [5.74, 6) is 1.68. The highest BCUT2D eigenvalue weighted by Gasteiger charge is 2.29. The van der Waals surface area contributed by atoms with E-state index in [1.807, 2.05) is 18.2 Å². The van der Waals surface area contributed by atoms with Crippen LogP contribution in [0.15, 0.2) is 180 Å². The van der Waals surface area contributed by atoms with Gasteiger partial charge in [-0.2, -0.15) is 0 Å². The van der Waals surface area contributed by atoms with Crippen LogP contribution in [0.5, 0.6) is 11.5 Å². The summed E-state index contributed by atoms with van der Waals surface area (Å²) in [6, 6.07) is 62.0. The van der Waals surface area contributed by atoms with Gasteiger partial charge in [-0.25, -0.2) is 0 Å². The van der Waals surface area contributed by atoms with Crippen LogP contribution < -0.4 is 9.64 Å². The summed E-state index contributed by atoms with van der Waals surface area (Å²) in [6.07, 6.45) is 0. The van der Waals surface area contributed by atoms with E-state index < -0.39 is 0 Å². The minimum atomic E-state index is 0.835. The molecule has 49 heavy (non-hydrogen) atoms. The van der Waals surface area contributed by atoms with Crippen molar-refractivity contribution in [2.45, 2.75) is 0 Å². The number of anilines is 3. The molecule has 0 amide bonds. The van der Waals surface area contributed by atoms with Gasteiger partial charge < -0.3 is 14.1 Å². The molecule has 0 aliphatic carbocycles. The third-order valence-corrected chi connectivity index (χ3v) is 9.67. The van der Waals surface area contributed by atoms with Crippen molar-refractivity contribution in [3.05, 3.63) is 176 Å². The van der Waals surface area contributed by atoms with E-state index in [9.17, 15) is 0 Å². The Morgan fingerprint density at radius 2 is 1.08 bits per heavy atom. The molecule has 0 N–H and O–H groups in total. The molecule has 10 rings (SSSR count). The highest BCUT2D eigenvalue weighted by atomic mass is 16.5. The molecule has 0 radical (unpaired) electrons. The number of nitrogens with zero attached hydrogens (tertiary/aromatic N) is 1. The van der Waals surface area contributed by atoms with Crippen LogP contribution >= 0.6 is 0 Å². The van der Waals surface area contributed by atoms with E-state index in [1.54, 1.807) is 0 Å².